The molecule has 1 aliphatic heterocycles. The van der Waals surface area contributed by atoms with Gasteiger partial charge in [-0.25, -0.2) is 9.78 Å². The molecule has 1 aromatic heterocycles. The van der Waals surface area contributed by atoms with Gasteiger partial charge in [-0.05, 0) is 30.9 Å². The highest BCUT2D eigenvalue weighted by Gasteiger charge is 2.30. The van der Waals surface area contributed by atoms with E-state index in [-0.39, 0.29) is 18.2 Å². The normalized spacial score (nSPS) is 23.1. The van der Waals surface area contributed by atoms with Crippen LogP contribution in [0.1, 0.15) is 40.4 Å². The van der Waals surface area contributed by atoms with Gasteiger partial charge in [0.2, 0.25) is 0 Å². The molecule has 126 valence electrons. The summed E-state index contributed by atoms with van der Waals surface area (Å²) >= 11 is 1.60. The van der Waals surface area contributed by atoms with Crippen LogP contribution in [0.3, 0.4) is 0 Å². The molecule has 1 fully saturated rings. The zero-order valence-corrected chi connectivity index (χ0v) is 14.5. The summed E-state index contributed by atoms with van der Waals surface area (Å²) in [5.74, 6) is 0. The van der Waals surface area contributed by atoms with Crippen LogP contribution in [0.25, 0.3) is 0 Å². The molecule has 4 rings (SSSR count). The highest BCUT2D eigenvalue weighted by atomic mass is 32.1. The van der Waals surface area contributed by atoms with Crippen LogP contribution in [0.5, 0.6) is 0 Å². The molecule has 1 saturated heterocycles. The van der Waals surface area contributed by atoms with E-state index >= 15 is 0 Å². The van der Waals surface area contributed by atoms with Gasteiger partial charge in [-0.15, -0.1) is 11.3 Å². The van der Waals surface area contributed by atoms with E-state index in [9.17, 15) is 4.79 Å². The van der Waals surface area contributed by atoms with Crippen LogP contribution in [0.2, 0.25) is 0 Å². The summed E-state index contributed by atoms with van der Waals surface area (Å²) in [4.78, 5) is 19.0. The van der Waals surface area contributed by atoms with E-state index in [2.05, 4.69) is 28.5 Å². The quantitative estimate of drug-likeness (QED) is 0.911. The molecule has 1 N–H and O–H groups in total. The van der Waals surface area contributed by atoms with E-state index < -0.39 is 0 Å². The Morgan fingerprint density at radius 2 is 2.29 bits per heavy atom. The molecule has 0 radical (unpaired) electrons. The number of nitrogens with zero attached hydrogens (tertiary/aromatic N) is 2. The van der Waals surface area contributed by atoms with Crippen molar-refractivity contribution < 1.29 is 9.53 Å². The molecule has 2 atom stereocenters. The van der Waals surface area contributed by atoms with Gasteiger partial charge in [0.15, 0.2) is 0 Å². The molecular formula is C18H21N3O2S. The number of benzene rings is 1. The van der Waals surface area contributed by atoms with Gasteiger partial charge in [0.25, 0.3) is 0 Å². The molecule has 0 saturated carbocycles. The number of ether oxygens (including phenoxy) is 1. The van der Waals surface area contributed by atoms with Crippen molar-refractivity contribution in [1.29, 1.82) is 0 Å². The zero-order chi connectivity index (χ0) is 16.5. The number of nitrogens with one attached hydrogen (secondary N) is 1. The zero-order valence-electron chi connectivity index (χ0n) is 13.7. The van der Waals surface area contributed by atoms with Crippen molar-refractivity contribution in [1.82, 2.24) is 15.2 Å². The lowest BCUT2D eigenvalue weighted by Crippen LogP contribution is -2.47. The number of carbonyl (C=O) groups is 1. The SMILES string of the molecule is Cc1csc(C2CN(C(=O)NC3CCc4ccccc43)CCO2)n1. The number of thiazole rings is 1. The fourth-order valence-electron chi connectivity index (χ4n) is 3.45. The number of aromatic nitrogens is 1. The first-order valence-electron chi connectivity index (χ1n) is 8.37. The maximum Gasteiger partial charge on any atom is 0.318 e. The number of rotatable bonds is 2. The Balaban J connectivity index is 1.41. The minimum Gasteiger partial charge on any atom is -0.367 e. The molecule has 1 aromatic carbocycles. The number of morpholine rings is 1. The number of aryl methyl sites for hydroxylation is 2. The van der Waals surface area contributed by atoms with E-state index in [0.29, 0.717) is 19.7 Å². The van der Waals surface area contributed by atoms with Crippen LogP contribution >= 0.6 is 11.3 Å². The van der Waals surface area contributed by atoms with Gasteiger partial charge in [-0.3, -0.25) is 0 Å². The standard InChI is InChI=1S/C18H21N3O2S/c1-12-11-24-17(19-12)16-10-21(8-9-23-16)18(22)20-15-7-6-13-4-2-3-5-14(13)15/h2-5,11,15-16H,6-10H2,1H3,(H,20,22). The molecule has 24 heavy (non-hydrogen) atoms. The van der Waals surface area contributed by atoms with Crippen LogP contribution in [-0.4, -0.2) is 35.6 Å². The molecule has 2 amide bonds. The third kappa shape index (κ3) is 3.03. The average Bonchev–Trinajstić information content (AvgIpc) is 3.22. The van der Waals surface area contributed by atoms with Crippen molar-refractivity contribution in [2.45, 2.75) is 31.9 Å². The van der Waals surface area contributed by atoms with Gasteiger partial charge in [-0.1, -0.05) is 24.3 Å². The Hall–Kier alpha value is -1.92. The first-order chi connectivity index (χ1) is 11.7. The van der Waals surface area contributed by atoms with Crippen molar-refractivity contribution in [3.63, 3.8) is 0 Å². The highest BCUT2D eigenvalue weighted by molar-refractivity contribution is 7.09. The summed E-state index contributed by atoms with van der Waals surface area (Å²) in [7, 11) is 0. The maximum absolute atomic E-state index is 12.7. The second kappa shape index (κ2) is 6.53. The minimum absolute atomic E-state index is 0.00159. The van der Waals surface area contributed by atoms with E-state index in [1.54, 1.807) is 11.3 Å². The fourth-order valence-corrected chi connectivity index (χ4v) is 4.29. The summed E-state index contributed by atoms with van der Waals surface area (Å²) in [6.07, 6.45) is 1.90. The predicted molar refractivity (Wildman–Crippen MR) is 93.2 cm³/mol. The molecule has 1 aliphatic carbocycles. The van der Waals surface area contributed by atoms with Crippen LogP contribution < -0.4 is 5.32 Å². The summed E-state index contributed by atoms with van der Waals surface area (Å²) in [5, 5.41) is 6.17. The van der Waals surface area contributed by atoms with E-state index in [1.165, 1.54) is 11.1 Å². The number of urea groups is 1. The Bertz CT molecular complexity index is 745. The molecule has 6 heteroatoms. The van der Waals surface area contributed by atoms with Crippen LogP contribution in [-0.2, 0) is 11.2 Å². The molecule has 2 heterocycles. The molecule has 2 aromatic rings. The van der Waals surface area contributed by atoms with Crippen LogP contribution in [0.15, 0.2) is 29.6 Å². The number of hydrogen-bond donors (Lipinski definition) is 1. The topological polar surface area (TPSA) is 54.5 Å². The molecule has 0 spiro atoms. The molecule has 0 bridgehead atoms. The number of fused-ring (bicyclic) bond motifs is 1. The summed E-state index contributed by atoms with van der Waals surface area (Å²) in [6, 6.07) is 8.49. The van der Waals surface area contributed by atoms with Crippen molar-refractivity contribution in [2.75, 3.05) is 19.7 Å². The fraction of sp³-hybridized carbons (Fsp3) is 0.444. The second-order valence-corrected chi connectivity index (χ2v) is 7.26. The van der Waals surface area contributed by atoms with E-state index in [4.69, 9.17) is 4.74 Å². The second-order valence-electron chi connectivity index (χ2n) is 6.37. The van der Waals surface area contributed by atoms with Crippen molar-refractivity contribution in [3.05, 3.63) is 51.5 Å². The highest BCUT2D eigenvalue weighted by Crippen LogP contribution is 2.31. The molecular weight excluding hydrogens is 322 g/mol. The molecule has 5 nitrogen and oxygen atoms in total. The lowest BCUT2D eigenvalue weighted by molar-refractivity contribution is -0.0159. The largest absolute Gasteiger partial charge is 0.367 e. The Morgan fingerprint density at radius 1 is 1.42 bits per heavy atom. The maximum atomic E-state index is 12.7. The van der Waals surface area contributed by atoms with Gasteiger partial charge >= 0.3 is 6.03 Å². The summed E-state index contributed by atoms with van der Waals surface area (Å²) in [6.45, 7) is 3.72. The van der Waals surface area contributed by atoms with Crippen LogP contribution in [0, 0.1) is 6.92 Å². The van der Waals surface area contributed by atoms with Gasteiger partial charge in [0.1, 0.15) is 11.1 Å². The summed E-state index contributed by atoms with van der Waals surface area (Å²) in [5.41, 5.74) is 3.61. The van der Waals surface area contributed by atoms with Gasteiger partial charge < -0.3 is 15.0 Å². The Labute approximate surface area is 145 Å². The van der Waals surface area contributed by atoms with Crippen molar-refractivity contribution in [2.24, 2.45) is 0 Å². The Morgan fingerprint density at radius 3 is 3.12 bits per heavy atom. The third-order valence-electron chi connectivity index (χ3n) is 4.70. The Kier molecular flexibility index (Phi) is 4.24. The number of amides is 2. The van der Waals surface area contributed by atoms with E-state index in [1.807, 2.05) is 23.3 Å². The van der Waals surface area contributed by atoms with Crippen molar-refractivity contribution >= 4 is 17.4 Å². The average molecular weight is 343 g/mol. The number of carbonyl (C=O) groups excluding carboxylic acids is 1. The first-order valence-corrected chi connectivity index (χ1v) is 9.25. The lowest BCUT2D eigenvalue weighted by Gasteiger charge is -2.33. The molecule has 2 aliphatic rings. The van der Waals surface area contributed by atoms with Gasteiger partial charge in [0, 0.05) is 17.6 Å². The van der Waals surface area contributed by atoms with Gasteiger partial charge in [0.05, 0.1) is 19.2 Å². The van der Waals surface area contributed by atoms with E-state index in [0.717, 1.165) is 23.5 Å². The van der Waals surface area contributed by atoms with Gasteiger partial charge in [-0.2, -0.15) is 0 Å². The molecule has 2 unspecified atom stereocenters. The van der Waals surface area contributed by atoms with Crippen LogP contribution in [0.4, 0.5) is 4.79 Å². The predicted octanol–water partition coefficient (Wildman–Crippen LogP) is 3.22. The lowest BCUT2D eigenvalue weighted by atomic mass is 10.1. The minimum atomic E-state index is -0.112. The first kappa shape index (κ1) is 15.6. The van der Waals surface area contributed by atoms with Crippen molar-refractivity contribution in [3.8, 4) is 0 Å². The monoisotopic (exact) mass is 343 g/mol. The smallest absolute Gasteiger partial charge is 0.318 e. The summed E-state index contributed by atoms with van der Waals surface area (Å²) < 4.78 is 5.81. The number of hydrogen-bond acceptors (Lipinski definition) is 4. The third-order valence-corrected chi connectivity index (χ3v) is 5.75.